The van der Waals surface area contributed by atoms with Crippen LogP contribution in [0, 0.1) is 18.7 Å². The lowest BCUT2D eigenvalue weighted by Crippen LogP contribution is -2.39. The van der Waals surface area contributed by atoms with Crippen molar-refractivity contribution < 1.29 is 13.9 Å². The minimum atomic E-state index is -0.381. The van der Waals surface area contributed by atoms with E-state index in [0.29, 0.717) is 33.8 Å². The molecule has 2 aromatic rings. The molecule has 1 saturated carbocycles. The molecule has 4 nitrogen and oxygen atoms in total. The molecule has 3 rings (SSSR count). The molecular formula is C20H25FN2O2. The average molecular weight is 344 g/mol. The Morgan fingerprint density at radius 1 is 1.32 bits per heavy atom. The van der Waals surface area contributed by atoms with Gasteiger partial charge in [-0.25, -0.2) is 9.37 Å². The van der Waals surface area contributed by atoms with E-state index in [-0.39, 0.29) is 17.8 Å². The van der Waals surface area contributed by atoms with Crippen molar-refractivity contribution in [1.29, 1.82) is 0 Å². The minimum absolute atomic E-state index is 0.0926. The number of ether oxygens (including phenoxy) is 1. The third-order valence-corrected chi connectivity index (χ3v) is 5.28. The lowest BCUT2D eigenvalue weighted by molar-refractivity contribution is 0.0920. The van der Waals surface area contributed by atoms with Crippen LogP contribution in [0.1, 0.15) is 54.9 Å². The second kappa shape index (κ2) is 7.38. The fraction of sp³-hybridized carbons (Fsp3) is 0.500. The van der Waals surface area contributed by atoms with Crippen LogP contribution < -0.4 is 10.1 Å². The van der Waals surface area contributed by atoms with E-state index in [2.05, 4.69) is 17.2 Å². The molecule has 1 amide bonds. The highest BCUT2D eigenvalue weighted by molar-refractivity contribution is 6.08. The third kappa shape index (κ3) is 3.60. The summed E-state index contributed by atoms with van der Waals surface area (Å²) in [6.45, 7) is 3.85. The number of pyridine rings is 1. The summed E-state index contributed by atoms with van der Waals surface area (Å²) in [6.07, 6.45) is 6.02. The molecule has 1 heterocycles. The molecule has 134 valence electrons. The minimum Gasteiger partial charge on any atom is -0.481 e. The van der Waals surface area contributed by atoms with Crippen molar-refractivity contribution in [3.8, 4) is 5.88 Å². The summed E-state index contributed by atoms with van der Waals surface area (Å²) >= 11 is 0. The normalized spacial score (nSPS) is 16.6. The lowest BCUT2D eigenvalue weighted by Gasteiger charge is -2.28. The molecule has 0 aliphatic heterocycles. The quantitative estimate of drug-likeness (QED) is 0.895. The number of aromatic nitrogens is 1. The van der Waals surface area contributed by atoms with Gasteiger partial charge in [-0.1, -0.05) is 19.3 Å². The van der Waals surface area contributed by atoms with Crippen molar-refractivity contribution in [2.75, 3.05) is 7.11 Å². The fourth-order valence-electron chi connectivity index (χ4n) is 3.83. The Morgan fingerprint density at radius 3 is 2.72 bits per heavy atom. The first kappa shape index (κ1) is 17.6. The SMILES string of the molecule is COc1nc2ccc(F)cc2c(C(=O)N[C@@H](C)C2CCCCC2)c1C. The van der Waals surface area contributed by atoms with Crippen molar-refractivity contribution in [1.82, 2.24) is 10.3 Å². The van der Waals surface area contributed by atoms with Gasteiger partial charge in [0.1, 0.15) is 5.82 Å². The van der Waals surface area contributed by atoms with E-state index < -0.39 is 0 Å². The molecule has 1 aliphatic rings. The maximum Gasteiger partial charge on any atom is 0.252 e. The van der Waals surface area contributed by atoms with Crippen molar-refractivity contribution >= 4 is 16.8 Å². The molecule has 5 heteroatoms. The number of hydrogen-bond acceptors (Lipinski definition) is 3. The summed E-state index contributed by atoms with van der Waals surface area (Å²) < 4.78 is 19.1. The van der Waals surface area contributed by atoms with Gasteiger partial charge >= 0.3 is 0 Å². The zero-order valence-corrected chi connectivity index (χ0v) is 15.1. The topological polar surface area (TPSA) is 51.2 Å². The van der Waals surface area contributed by atoms with Crippen molar-refractivity contribution in [3.63, 3.8) is 0 Å². The Morgan fingerprint density at radius 2 is 2.04 bits per heavy atom. The number of methoxy groups -OCH3 is 1. The molecule has 0 saturated heterocycles. The molecule has 0 unspecified atom stereocenters. The second-order valence-electron chi connectivity index (χ2n) is 6.94. The highest BCUT2D eigenvalue weighted by Gasteiger charge is 2.25. The molecule has 1 fully saturated rings. The molecule has 0 bridgehead atoms. The number of halogens is 1. The van der Waals surface area contributed by atoms with Gasteiger partial charge in [0, 0.05) is 17.0 Å². The first-order chi connectivity index (χ1) is 12.0. The summed E-state index contributed by atoms with van der Waals surface area (Å²) in [7, 11) is 1.52. The van der Waals surface area contributed by atoms with Crippen molar-refractivity contribution in [2.24, 2.45) is 5.92 Å². The van der Waals surface area contributed by atoms with Crippen LogP contribution in [0.4, 0.5) is 4.39 Å². The Hall–Kier alpha value is -2.17. The highest BCUT2D eigenvalue weighted by Crippen LogP contribution is 2.30. The summed E-state index contributed by atoms with van der Waals surface area (Å²) in [5.74, 6) is 0.333. The fourth-order valence-corrected chi connectivity index (χ4v) is 3.83. The predicted octanol–water partition coefficient (Wildman–Crippen LogP) is 4.39. The highest BCUT2D eigenvalue weighted by atomic mass is 19.1. The average Bonchev–Trinajstić information content (AvgIpc) is 2.61. The van der Waals surface area contributed by atoms with Crippen molar-refractivity contribution in [2.45, 2.75) is 52.0 Å². The summed E-state index contributed by atoms with van der Waals surface area (Å²) in [5.41, 5.74) is 1.64. The zero-order valence-electron chi connectivity index (χ0n) is 15.1. The Balaban J connectivity index is 1.96. The maximum atomic E-state index is 13.8. The number of nitrogens with zero attached hydrogens (tertiary/aromatic N) is 1. The number of carbonyl (C=O) groups excluding carboxylic acids is 1. The predicted molar refractivity (Wildman–Crippen MR) is 96.5 cm³/mol. The molecule has 1 N–H and O–H groups in total. The largest absolute Gasteiger partial charge is 0.481 e. The maximum absolute atomic E-state index is 13.8. The van der Waals surface area contributed by atoms with Gasteiger partial charge in [-0.3, -0.25) is 4.79 Å². The van der Waals surface area contributed by atoms with Gasteiger partial charge in [-0.2, -0.15) is 0 Å². The molecule has 0 radical (unpaired) electrons. The zero-order chi connectivity index (χ0) is 18.0. The van der Waals surface area contributed by atoms with Gasteiger partial charge < -0.3 is 10.1 Å². The number of amides is 1. The van der Waals surface area contributed by atoms with Gasteiger partial charge in [0.2, 0.25) is 5.88 Å². The first-order valence-electron chi connectivity index (χ1n) is 8.96. The molecule has 1 aromatic carbocycles. The Kier molecular flexibility index (Phi) is 5.21. The lowest BCUT2D eigenvalue weighted by atomic mass is 9.84. The Bertz CT molecular complexity index is 785. The first-order valence-corrected chi connectivity index (χ1v) is 8.96. The Labute approximate surface area is 147 Å². The second-order valence-corrected chi connectivity index (χ2v) is 6.94. The van der Waals surface area contributed by atoms with Gasteiger partial charge in [0.25, 0.3) is 5.91 Å². The summed E-state index contributed by atoms with van der Waals surface area (Å²) in [6, 6.07) is 4.38. The van der Waals surface area contributed by atoms with Crippen LogP contribution in [0.5, 0.6) is 5.88 Å². The number of fused-ring (bicyclic) bond motifs is 1. The van der Waals surface area contributed by atoms with E-state index >= 15 is 0 Å². The summed E-state index contributed by atoms with van der Waals surface area (Å²) in [4.78, 5) is 17.4. The number of carbonyl (C=O) groups is 1. The van der Waals surface area contributed by atoms with E-state index in [1.807, 2.05) is 0 Å². The standard InChI is InChI=1S/C20H25FN2O2/c1-12-18(19(24)22-13(2)14-7-5-4-6-8-14)16-11-15(21)9-10-17(16)23-20(12)25-3/h9-11,13-14H,4-8H2,1-3H3,(H,22,24)/t13-/m0/s1. The van der Waals surface area contributed by atoms with E-state index in [0.717, 1.165) is 12.8 Å². The monoisotopic (exact) mass is 344 g/mol. The molecule has 0 spiro atoms. The third-order valence-electron chi connectivity index (χ3n) is 5.28. The van der Waals surface area contributed by atoms with E-state index in [4.69, 9.17) is 4.74 Å². The van der Waals surface area contributed by atoms with Gasteiger partial charge in [0.15, 0.2) is 0 Å². The van der Waals surface area contributed by atoms with Gasteiger partial charge in [0.05, 0.1) is 18.2 Å². The number of nitrogens with one attached hydrogen (secondary N) is 1. The van der Waals surface area contributed by atoms with Crippen LogP contribution in [0.3, 0.4) is 0 Å². The smallest absolute Gasteiger partial charge is 0.252 e. The molecular weight excluding hydrogens is 319 g/mol. The van der Waals surface area contributed by atoms with Crippen LogP contribution in [-0.4, -0.2) is 24.0 Å². The van der Waals surface area contributed by atoms with Crippen LogP contribution in [0.25, 0.3) is 10.9 Å². The number of hydrogen-bond donors (Lipinski definition) is 1. The van der Waals surface area contributed by atoms with Crippen LogP contribution in [-0.2, 0) is 0 Å². The van der Waals surface area contributed by atoms with Gasteiger partial charge in [-0.15, -0.1) is 0 Å². The van der Waals surface area contributed by atoms with Crippen LogP contribution in [0.2, 0.25) is 0 Å². The van der Waals surface area contributed by atoms with Gasteiger partial charge in [-0.05, 0) is 50.8 Å². The van der Waals surface area contributed by atoms with Crippen LogP contribution >= 0.6 is 0 Å². The summed E-state index contributed by atoms with van der Waals surface area (Å²) in [5, 5.41) is 3.64. The number of benzene rings is 1. The van der Waals surface area contributed by atoms with E-state index in [9.17, 15) is 9.18 Å². The molecule has 1 atom stereocenters. The molecule has 25 heavy (non-hydrogen) atoms. The number of rotatable bonds is 4. The molecule has 1 aromatic heterocycles. The van der Waals surface area contributed by atoms with E-state index in [1.54, 1.807) is 13.0 Å². The molecule has 1 aliphatic carbocycles. The van der Waals surface area contributed by atoms with Crippen molar-refractivity contribution in [3.05, 3.63) is 35.1 Å². The van der Waals surface area contributed by atoms with Crippen LogP contribution in [0.15, 0.2) is 18.2 Å². The van der Waals surface area contributed by atoms with E-state index in [1.165, 1.54) is 38.5 Å².